The van der Waals surface area contributed by atoms with Crippen LogP contribution in [-0.2, 0) is 11.3 Å². The van der Waals surface area contributed by atoms with E-state index in [1.165, 1.54) is 5.56 Å². The Balaban J connectivity index is 2.03. The third-order valence-electron chi connectivity index (χ3n) is 4.17. The third kappa shape index (κ3) is 2.91. The van der Waals surface area contributed by atoms with Crippen molar-refractivity contribution in [1.29, 1.82) is 0 Å². The zero-order valence-corrected chi connectivity index (χ0v) is 11.4. The monoisotopic (exact) mass is 247 g/mol. The van der Waals surface area contributed by atoms with Gasteiger partial charge in [-0.05, 0) is 6.92 Å². The summed E-state index contributed by atoms with van der Waals surface area (Å²) < 4.78 is 1.10. The van der Waals surface area contributed by atoms with Gasteiger partial charge >= 0.3 is 0 Å². The molecule has 1 aliphatic rings. The van der Waals surface area contributed by atoms with Gasteiger partial charge in [0.25, 0.3) is 0 Å². The fourth-order valence-corrected chi connectivity index (χ4v) is 2.76. The van der Waals surface area contributed by atoms with Gasteiger partial charge in [-0.3, -0.25) is 4.79 Å². The van der Waals surface area contributed by atoms with E-state index in [4.69, 9.17) is 0 Å². The van der Waals surface area contributed by atoms with Gasteiger partial charge in [0.05, 0.1) is 32.7 Å². The lowest BCUT2D eigenvalue weighted by molar-refractivity contribution is -0.942. The van der Waals surface area contributed by atoms with E-state index in [2.05, 4.69) is 37.3 Å². The highest BCUT2D eigenvalue weighted by atomic mass is 16.2. The van der Waals surface area contributed by atoms with Crippen LogP contribution < -0.4 is 0 Å². The number of carbonyl (C=O) groups excluding carboxylic acids is 1. The lowest BCUT2D eigenvalue weighted by Crippen LogP contribution is -2.59. The molecule has 1 aromatic rings. The van der Waals surface area contributed by atoms with Crippen LogP contribution in [0.1, 0.15) is 19.4 Å². The fraction of sp³-hybridized carbons (Fsp3) is 0.533. The quantitative estimate of drug-likeness (QED) is 0.747. The summed E-state index contributed by atoms with van der Waals surface area (Å²) in [5.41, 5.74) is 1.40. The summed E-state index contributed by atoms with van der Waals surface area (Å²) in [4.78, 5) is 13.3. The van der Waals surface area contributed by atoms with E-state index < -0.39 is 0 Å². The lowest BCUT2D eigenvalue weighted by atomic mass is 10.1. The minimum atomic E-state index is 0.212. The van der Waals surface area contributed by atoms with Crippen LogP contribution in [0.4, 0.5) is 0 Å². The number of carbonyl (C=O) groups is 1. The van der Waals surface area contributed by atoms with Crippen LogP contribution >= 0.6 is 0 Å². The van der Waals surface area contributed by atoms with Crippen LogP contribution in [0.15, 0.2) is 30.3 Å². The normalized spacial score (nSPS) is 18.7. The van der Waals surface area contributed by atoms with Crippen molar-refractivity contribution < 1.29 is 9.28 Å². The molecular weight excluding hydrogens is 224 g/mol. The molecule has 1 aliphatic heterocycles. The molecular formula is C15H23N2O+. The highest BCUT2D eigenvalue weighted by Crippen LogP contribution is 2.18. The molecule has 18 heavy (non-hydrogen) atoms. The first kappa shape index (κ1) is 13.1. The van der Waals surface area contributed by atoms with Crippen LogP contribution in [0, 0.1) is 0 Å². The van der Waals surface area contributed by atoms with Crippen molar-refractivity contribution in [2.24, 2.45) is 0 Å². The second-order valence-corrected chi connectivity index (χ2v) is 5.25. The standard InChI is InChI=1S/C15H23N2O/c1-3-17(13-15-7-5-4-6-8-15)11-9-16(10-12-17)14(2)18/h4-8H,3,9-13H2,1-2H3/q+1. The van der Waals surface area contributed by atoms with Gasteiger partial charge in [-0.1, -0.05) is 30.3 Å². The Morgan fingerprint density at radius 3 is 2.33 bits per heavy atom. The van der Waals surface area contributed by atoms with Gasteiger partial charge in [0.1, 0.15) is 6.54 Å². The molecule has 0 N–H and O–H groups in total. The number of hydrogen-bond acceptors (Lipinski definition) is 1. The molecule has 1 fully saturated rings. The van der Waals surface area contributed by atoms with Crippen molar-refractivity contribution in [3.8, 4) is 0 Å². The van der Waals surface area contributed by atoms with E-state index in [1.807, 2.05) is 4.90 Å². The number of amides is 1. The number of rotatable bonds is 3. The van der Waals surface area contributed by atoms with Gasteiger partial charge in [-0.2, -0.15) is 0 Å². The molecule has 0 unspecified atom stereocenters. The fourth-order valence-electron chi connectivity index (χ4n) is 2.76. The summed E-state index contributed by atoms with van der Waals surface area (Å²) >= 11 is 0. The SMILES string of the molecule is CC[N+]1(Cc2ccccc2)CCN(C(C)=O)CC1. The molecule has 1 aromatic carbocycles. The van der Waals surface area contributed by atoms with Gasteiger partial charge in [0.2, 0.25) is 5.91 Å². The Morgan fingerprint density at radius 2 is 1.83 bits per heavy atom. The first-order chi connectivity index (χ1) is 8.65. The molecule has 0 atom stereocenters. The van der Waals surface area contributed by atoms with Crippen molar-refractivity contribution in [3.05, 3.63) is 35.9 Å². The molecule has 0 aliphatic carbocycles. The van der Waals surface area contributed by atoms with Gasteiger partial charge in [0.15, 0.2) is 0 Å². The minimum absolute atomic E-state index is 0.212. The van der Waals surface area contributed by atoms with E-state index in [0.29, 0.717) is 0 Å². The summed E-state index contributed by atoms with van der Waals surface area (Å²) in [5, 5.41) is 0. The number of nitrogens with zero attached hydrogens (tertiary/aromatic N) is 2. The molecule has 3 heteroatoms. The van der Waals surface area contributed by atoms with Crippen molar-refractivity contribution in [3.63, 3.8) is 0 Å². The van der Waals surface area contributed by atoms with E-state index in [-0.39, 0.29) is 5.91 Å². The topological polar surface area (TPSA) is 20.3 Å². The van der Waals surface area contributed by atoms with E-state index in [1.54, 1.807) is 6.92 Å². The molecule has 0 aromatic heterocycles. The Hall–Kier alpha value is -1.35. The first-order valence-electron chi connectivity index (χ1n) is 6.80. The largest absolute Gasteiger partial charge is 0.332 e. The smallest absolute Gasteiger partial charge is 0.219 e. The molecule has 2 rings (SSSR count). The zero-order valence-electron chi connectivity index (χ0n) is 11.4. The highest BCUT2D eigenvalue weighted by molar-refractivity contribution is 5.73. The van der Waals surface area contributed by atoms with Gasteiger partial charge in [0, 0.05) is 12.5 Å². The van der Waals surface area contributed by atoms with E-state index in [0.717, 1.165) is 43.8 Å². The molecule has 0 radical (unpaired) electrons. The maximum Gasteiger partial charge on any atom is 0.219 e. The van der Waals surface area contributed by atoms with Crippen LogP contribution in [0.2, 0.25) is 0 Å². The molecule has 1 amide bonds. The Bertz CT molecular complexity index is 394. The average Bonchev–Trinajstić information content (AvgIpc) is 2.40. The number of piperazine rings is 1. The third-order valence-corrected chi connectivity index (χ3v) is 4.17. The number of likely N-dealkylation sites (N-methyl/N-ethyl adjacent to an activating group) is 1. The van der Waals surface area contributed by atoms with E-state index in [9.17, 15) is 4.79 Å². The second kappa shape index (κ2) is 5.53. The van der Waals surface area contributed by atoms with Crippen molar-refractivity contribution in [2.45, 2.75) is 20.4 Å². The summed E-state index contributed by atoms with van der Waals surface area (Å²) in [5.74, 6) is 0.212. The van der Waals surface area contributed by atoms with Crippen molar-refractivity contribution >= 4 is 5.91 Å². The molecule has 0 spiro atoms. The average molecular weight is 247 g/mol. The first-order valence-corrected chi connectivity index (χ1v) is 6.80. The molecule has 0 saturated carbocycles. The zero-order chi connectivity index (χ0) is 13.0. The van der Waals surface area contributed by atoms with Gasteiger partial charge in [-0.25, -0.2) is 0 Å². The molecule has 1 saturated heterocycles. The van der Waals surface area contributed by atoms with Gasteiger partial charge in [-0.15, -0.1) is 0 Å². The molecule has 98 valence electrons. The maximum absolute atomic E-state index is 11.4. The number of benzene rings is 1. The number of hydrogen-bond donors (Lipinski definition) is 0. The maximum atomic E-state index is 11.4. The summed E-state index contributed by atoms with van der Waals surface area (Å²) in [6.07, 6.45) is 0. The second-order valence-electron chi connectivity index (χ2n) is 5.25. The Kier molecular flexibility index (Phi) is 4.02. The van der Waals surface area contributed by atoms with Crippen molar-refractivity contribution in [2.75, 3.05) is 32.7 Å². The van der Waals surface area contributed by atoms with E-state index >= 15 is 0 Å². The lowest BCUT2D eigenvalue weighted by Gasteiger charge is -2.44. The van der Waals surface area contributed by atoms with Gasteiger partial charge < -0.3 is 9.38 Å². The molecule has 3 nitrogen and oxygen atoms in total. The summed E-state index contributed by atoms with van der Waals surface area (Å²) in [7, 11) is 0. The minimum Gasteiger partial charge on any atom is -0.332 e. The molecule has 0 bridgehead atoms. The van der Waals surface area contributed by atoms with Crippen LogP contribution in [-0.4, -0.2) is 48.0 Å². The molecule has 1 heterocycles. The predicted octanol–water partition coefficient (Wildman–Crippen LogP) is 1.89. The Labute approximate surface area is 110 Å². The summed E-state index contributed by atoms with van der Waals surface area (Å²) in [6, 6.07) is 10.7. The predicted molar refractivity (Wildman–Crippen MR) is 72.9 cm³/mol. The van der Waals surface area contributed by atoms with Crippen LogP contribution in [0.3, 0.4) is 0 Å². The van der Waals surface area contributed by atoms with Crippen LogP contribution in [0.25, 0.3) is 0 Å². The summed E-state index contributed by atoms with van der Waals surface area (Å²) in [6.45, 7) is 10.1. The van der Waals surface area contributed by atoms with Crippen LogP contribution in [0.5, 0.6) is 0 Å². The highest BCUT2D eigenvalue weighted by Gasteiger charge is 2.32. The number of quaternary nitrogens is 1. The van der Waals surface area contributed by atoms with Crippen molar-refractivity contribution in [1.82, 2.24) is 4.90 Å². The Morgan fingerprint density at radius 1 is 1.22 bits per heavy atom.